The number of alkyl halides is 3. The molecule has 0 radical (unpaired) electrons. The van der Waals surface area contributed by atoms with E-state index in [0.717, 1.165) is 67.7 Å². The number of likely N-dealkylation sites (N-methyl/N-ethyl adjacent to an activating group) is 1. The van der Waals surface area contributed by atoms with Gasteiger partial charge in [-0.2, -0.15) is 13.2 Å². The molecule has 1 N–H and O–H groups in total. The van der Waals surface area contributed by atoms with E-state index in [1.807, 2.05) is 19.1 Å². The highest BCUT2D eigenvalue weighted by atomic mass is 19.4. The third-order valence-electron chi connectivity index (χ3n) is 10.1. The van der Waals surface area contributed by atoms with E-state index < -0.39 is 18.0 Å². The van der Waals surface area contributed by atoms with Crippen LogP contribution in [0.15, 0.2) is 23.1 Å². The Morgan fingerprint density at radius 3 is 2.49 bits per heavy atom. The van der Waals surface area contributed by atoms with Crippen LogP contribution in [0.3, 0.4) is 0 Å². The first-order valence-corrected chi connectivity index (χ1v) is 15.2. The van der Waals surface area contributed by atoms with Crippen molar-refractivity contribution in [1.29, 1.82) is 0 Å². The number of aromatic nitrogens is 2. The van der Waals surface area contributed by atoms with Crippen molar-refractivity contribution < 1.29 is 18.0 Å². The van der Waals surface area contributed by atoms with Crippen LogP contribution in [-0.4, -0.2) is 76.2 Å². The zero-order valence-corrected chi connectivity index (χ0v) is 24.7. The minimum atomic E-state index is -4.31. The number of fused-ring (bicyclic) bond motifs is 1. The molecular weight excluding hydrogens is 531 g/mol. The minimum absolute atomic E-state index is 0.0433. The van der Waals surface area contributed by atoms with Gasteiger partial charge in [0.1, 0.15) is 0 Å². The molecule has 2 aromatic rings. The molecule has 1 aliphatic heterocycles. The van der Waals surface area contributed by atoms with Crippen LogP contribution in [-0.2, 0) is 11.8 Å². The predicted octanol–water partition coefficient (Wildman–Crippen LogP) is 4.62. The third-order valence-corrected chi connectivity index (χ3v) is 10.1. The first kappa shape index (κ1) is 30.0. The van der Waals surface area contributed by atoms with E-state index >= 15 is 0 Å². The highest BCUT2D eigenvalue weighted by molar-refractivity contribution is 5.80. The maximum Gasteiger partial charge on any atom is 0.391 e. The SMILES string of the molecule is CCN1CCN(C2CC(C(=O)NC3CCC(C)C(c4cc5cnc(C)cc5n(C)c4=O)C3)CC(C(F)(F)F)C2)CC1. The lowest BCUT2D eigenvalue weighted by atomic mass is 9.73. The van der Waals surface area contributed by atoms with Gasteiger partial charge in [-0.05, 0) is 76.0 Å². The summed E-state index contributed by atoms with van der Waals surface area (Å²) in [5.41, 5.74) is 2.35. The lowest BCUT2D eigenvalue weighted by molar-refractivity contribution is -0.192. The Labute approximate surface area is 240 Å². The molecule has 0 aromatic carbocycles. The maximum absolute atomic E-state index is 14.0. The summed E-state index contributed by atoms with van der Waals surface area (Å²) in [7, 11) is 1.78. The van der Waals surface area contributed by atoms with Gasteiger partial charge in [-0.25, -0.2) is 0 Å². The van der Waals surface area contributed by atoms with Crippen molar-refractivity contribution in [2.75, 3.05) is 32.7 Å². The zero-order valence-electron chi connectivity index (χ0n) is 24.7. The van der Waals surface area contributed by atoms with E-state index in [9.17, 15) is 22.8 Å². The van der Waals surface area contributed by atoms with Crippen molar-refractivity contribution >= 4 is 16.8 Å². The molecule has 226 valence electrons. The quantitative estimate of drug-likeness (QED) is 0.564. The van der Waals surface area contributed by atoms with Gasteiger partial charge in [-0.3, -0.25) is 19.5 Å². The van der Waals surface area contributed by atoms with Crippen LogP contribution in [0, 0.1) is 24.7 Å². The molecule has 7 nitrogen and oxygen atoms in total. The summed E-state index contributed by atoms with van der Waals surface area (Å²) >= 11 is 0. The molecule has 0 bridgehead atoms. The number of hydrogen-bond donors (Lipinski definition) is 1. The van der Waals surface area contributed by atoms with Gasteiger partial charge in [0.25, 0.3) is 5.56 Å². The van der Waals surface area contributed by atoms with Crippen LogP contribution in [0.2, 0.25) is 0 Å². The summed E-state index contributed by atoms with van der Waals surface area (Å²) in [6.45, 7) is 10.3. The monoisotopic (exact) mass is 575 g/mol. The number of halogens is 3. The first-order chi connectivity index (χ1) is 19.4. The number of nitrogens with zero attached hydrogens (tertiary/aromatic N) is 4. The molecule has 3 fully saturated rings. The predicted molar refractivity (Wildman–Crippen MR) is 154 cm³/mol. The number of carbonyl (C=O) groups excluding carboxylic acids is 1. The van der Waals surface area contributed by atoms with E-state index in [1.54, 1.807) is 17.8 Å². The highest BCUT2D eigenvalue weighted by Gasteiger charge is 2.48. The summed E-state index contributed by atoms with van der Waals surface area (Å²) in [5.74, 6) is -2.18. The largest absolute Gasteiger partial charge is 0.391 e. The molecule has 3 aliphatic rings. The standard InChI is InChI=1S/C31H44F3N5O2/c1-5-38-8-10-39(11-9-38)25-14-21(13-23(16-25)31(32,33)34)29(40)36-24-7-6-19(2)26(17-24)27-15-22-18-35-20(3)12-28(22)37(4)30(27)41/h12,15,18-19,21,23-26H,5-11,13-14,16-17H2,1-4H3,(H,36,40). The van der Waals surface area contributed by atoms with Crippen molar-refractivity contribution in [3.63, 3.8) is 0 Å². The lowest BCUT2D eigenvalue weighted by Crippen LogP contribution is -2.54. The van der Waals surface area contributed by atoms with Crippen LogP contribution in [0.1, 0.15) is 69.5 Å². The minimum Gasteiger partial charge on any atom is -0.353 e. The maximum atomic E-state index is 14.0. The Balaban J connectivity index is 1.30. The van der Waals surface area contributed by atoms with E-state index in [2.05, 4.69) is 33.9 Å². The van der Waals surface area contributed by atoms with Gasteiger partial charge in [-0.1, -0.05) is 13.8 Å². The van der Waals surface area contributed by atoms with Crippen molar-refractivity contribution in [3.8, 4) is 0 Å². The second-order valence-corrected chi connectivity index (χ2v) is 12.7. The topological polar surface area (TPSA) is 70.5 Å². The van der Waals surface area contributed by atoms with Crippen molar-refractivity contribution in [1.82, 2.24) is 24.7 Å². The number of piperazine rings is 1. The normalized spacial score (nSPS) is 30.4. The van der Waals surface area contributed by atoms with Crippen LogP contribution in [0.5, 0.6) is 0 Å². The molecule has 6 atom stereocenters. The fourth-order valence-electron chi connectivity index (χ4n) is 7.47. The Morgan fingerprint density at radius 1 is 1.07 bits per heavy atom. The highest BCUT2D eigenvalue weighted by Crippen LogP contribution is 2.42. The molecule has 5 rings (SSSR count). The van der Waals surface area contributed by atoms with Gasteiger partial charge in [0.2, 0.25) is 5.91 Å². The second-order valence-electron chi connectivity index (χ2n) is 12.7. The lowest BCUT2D eigenvalue weighted by Gasteiger charge is -2.44. The second kappa shape index (κ2) is 12.0. The van der Waals surface area contributed by atoms with Crippen LogP contribution >= 0.6 is 0 Å². The van der Waals surface area contributed by atoms with E-state index in [-0.39, 0.29) is 48.2 Å². The molecule has 1 saturated heterocycles. The molecular formula is C31H44F3N5O2. The fraction of sp³-hybridized carbons (Fsp3) is 0.710. The van der Waals surface area contributed by atoms with Crippen LogP contribution < -0.4 is 10.9 Å². The Hall–Kier alpha value is -2.46. The summed E-state index contributed by atoms with van der Waals surface area (Å²) in [5, 5.41) is 4.05. The molecule has 10 heteroatoms. The molecule has 6 unspecified atom stereocenters. The smallest absolute Gasteiger partial charge is 0.353 e. The van der Waals surface area contributed by atoms with E-state index in [4.69, 9.17) is 0 Å². The number of aryl methyl sites for hydroxylation is 2. The Morgan fingerprint density at radius 2 is 1.80 bits per heavy atom. The number of rotatable bonds is 5. The third kappa shape index (κ3) is 6.48. The molecule has 2 aliphatic carbocycles. The average molecular weight is 576 g/mol. The summed E-state index contributed by atoms with van der Waals surface area (Å²) < 4.78 is 43.6. The first-order valence-electron chi connectivity index (χ1n) is 15.2. The van der Waals surface area contributed by atoms with Gasteiger partial charge >= 0.3 is 6.18 Å². The average Bonchev–Trinajstić information content (AvgIpc) is 2.95. The van der Waals surface area contributed by atoms with Gasteiger partial charge in [0.05, 0.1) is 11.4 Å². The number of pyridine rings is 2. The molecule has 41 heavy (non-hydrogen) atoms. The number of carbonyl (C=O) groups is 1. The summed E-state index contributed by atoms with van der Waals surface area (Å²) in [6.07, 6.45) is 0.0713. The molecule has 0 spiro atoms. The van der Waals surface area contributed by atoms with Gasteiger partial charge < -0.3 is 14.8 Å². The molecule has 2 saturated carbocycles. The summed E-state index contributed by atoms with van der Waals surface area (Å²) in [4.78, 5) is 35.8. The van der Waals surface area contributed by atoms with Crippen molar-refractivity contribution in [3.05, 3.63) is 39.9 Å². The van der Waals surface area contributed by atoms with Crippen molar-refractivity contribution in [2.24, 2.45) is 24.8 Å². The van der Waals surface area contributed by atoms with Crippen LogP contribution in [0.25, 0.3) is 10.9 Å². The van der Waals surface area contributed by atoms with Gasteiger partial charge in [-0.15, -0.1) is 0 Å². The van der Waals surface area contributed by atoms with Gasteiger partial charge in [0, 0.05) is 74.1 Å². The fourth-order valence-corrected chi connectivity index (χ4v) is 7.47. The molecule has 3 heterocycles. The van der Waals surface area contributed by atoms with Crippen LogP contribution in [0.4, 0.5) is 13.2 Å². The van der Waals surface area contributed by atoms with Crippen molar-refractivity contribution in [2.45, 2.75) is 83.5 Å². The van der Waals surface area contributed by atoms with E-state index in [0.29, 0.717) is 12.8 Å². The summed E-state index contributed by atoms with van der Waals surface area (Å²) in [6, 6.07) is 3.44. The number of nitrogens with one attached hydrogen (secondary N) is 1. The number of hydrogen-bond acceptors (Lipinski definition) is 5. The van der Waals surface area contributed by atoms with Gasteiger partial charge in [0.15, 0.2) is 0 Å². The molecule has 2 aromatic heterocycles. The van der Waals surface area contributed by atoms with E-state index in [1.165, 1.54) is 0 Å². The number of amides is 1. The zero-order chi connectivity index (χ0) is 29.5. The Kier molecular flexibility index (Phi) is 8.81. The molecule has 1 amide bonds. The Bertz CT molecular complexity index is 1300.